The molecular weight excluding hydrogens is 221 g/mol. The van der Waals surface area contributed by atoms with Crippen molar-refractivity contribution in [3.05, 3.63) is 29.6 Å². The molecule has 0 unspecified atom stereocenters. The van der Waals surface area contributed by atoms with Gasteiger partial charge in [0.15, 0.2) is 0 Å². The Morgan fingerprint density at radius 3 is 2.65 bits per heavy atom. The Labute approximate surface area is 101 Å². The number of ether oxygens (including phenoxy) is 1. The summed E-state index contributed by atoms with van der Waals surface area (Å²) in [6, 6.07) is 4.57. The third-order valence-corrected chi connectivity index (χ3v) is 2.03. The molecule has 0 fully saturated rings. The number of carbonyl (C=O) groups is 1. The van der Waals surface area contributed by atoms with Crippen molar-refractivity contribution in [2.75, 3.05) is 11.9 Å². The van der Waals surface area contributed by atoms with Crippen LogP contribution in [0, 0.1) is 12.7 Å². The summed E-state index contributed by atoms with van der Waals surface area (Å²) in [6.45, 7) is 7.31. The van der Waals surface area contributed by atoms with Crippen LogP contribution in [0.25, 0.3) is 0 Å². The molecule has 1 rings (SSSR count). The van der Waals surface area contributed by atoms with Crippen LogP contribution in [-0.2, 0) is 9.53 Å². The monoisotopic (exact) mass is 239 g/mol. The second-order valence-corrected chi connectivity index (χ2v) is 4.93. The van der Waals surface area contributed by atoms with Crippen LogP contribution in [0.5, 0.6) is 0 Å². The van der Waals surface area contributed by atoms with Crippen molar-refractivity contribution >= 4 is 11.6 Å². The largest absolute Gasteiger partial charge is 0.366 e. The maximum Gasteiger partial charge on any atom is 0.250 e. The average Bonchev–Trinajstić information content (AvgIpc) is 2.20. The smallest absolute Gasteiger partial charge is 0.250 e. The second-order valence-electron chi connectivity index (χ2n) is 4.93. The highest BCUT2D eigenvalue weighted by Crippen LogP contribution is 2.15. The first-order chi connectivity index (χ1) is 7.78. The highest BCUT2D eigenvalue weighted by Gasteiger charge is 2.13. The second kappa shape index (κ2) is 5.27. The summed E-state index contributed by atoms with van der Waals surface area (Å²) >= 11 is 0. The number of halogens is 1. The van der Waals surface area contributed by atoms with E-state index in [2.05, 4.69) is 5.32 Å². The van der Waals surface area contributed by atoms with Crippen molar-refractivity contribution < 1.29 is 13.9 Å². The Morgan fingerprint density at radius 1 is 1.41 bits per heavy atom. The minimum absolute atomic E-state index is 0.0864. The normalized spacial score (nSPS) is 11.4. The quantitative estimate of drug-likeness (QED) is 0.880. The number of amides is 1. The molecule has 0 bridgehead atoms. The van der Waals surface area contributed by atoms with E-state index in [4.69, 9.17) is 4.74 Å². The zero-order chi connectivity index (χ0) is 13.1. The molecule has 1 N–H and O–H groups in total. The number of hydrogen-bond acceptors (Lipinski definition) is 2. The molecule has 0 aliphatic carbocycles. The third kappa shape index (κ3) is 4.95. The van der Waals surface area contributed by atoms with Crippen LogP contribution in [-0.4, -0.2) is 18.1 Å². The van der Waals surface area contributed by atoms with E-state index in [1.165, 1.54) is 6.07 Å². The van der Waals surface area contributed by atoms with Crippen LogP contribution in [0.4, 0.5) is 10.1 Å². The lowest BCUT2D eigenvalue weighted by molar-refractivity contribution is -0.125. The van der Waals surface area contributed by atoms with Gasteiger partial charge in [0, 0.05) is 0 Å². The van der Waals surface area contributed by atoms with Gasteiger partial charge in [-0.05, 0) is 45.4 Å². The minimum atomic E-state index is -0.445. The predicted octanol–water partition coefficient (Wildman–Crippen LogP) is 2.89. The standard InChI is InChI=1S/C13H18FNO2/c1-9-5-6-10(14)11(7-9)15-12(16)8-17-13(2,3)4/h5-7H,8H2,1-4H3,(H,15,16). The van der Waals surface area contributed by atoms with E-state index in [0.717, 1.165) is 5.56 Å². The maximum atomic E-state index is 13.3. The van der Waals surface area contributed by atoms with Gasteiger partial charge in [-0.25, -0.2) is 4.39 Å². The summed E-state index contributed by atoms with van der Waals surface area (Å²) in [6.07, 6.45) is 0. The number of aryl methyl sites for hydroxylation is 1. The van der Waals surface area contributed by atoms with Gasteiger partial charge in [-0.2, -0.15) is 0 Å². The van der Waals surface area contributed by atoms with Crippen LogP contribution in [0.2, 0.25) is 0 Å². The SMILES string of the molecule is Cc1ccc(F)c(NC(=O)COC(C)(C)C)c1. The molecule has 0 spiro atoms. The highest BCUT2D eigenvalue weighted by atomic mass is 19.1. The Hall–Kier alpha value is -1.42. The fourth-order valence-corrected chi connectivity index (χ4v) is 1.20. The van der Waals surface area contributed by atoms with Crippen molar-refractivity contribution in [3.8, 4) is 0 Å². The minimum Gasteiger partial charge on any atom is -0.366 e. The maximum absolute atomic E-state index is 13.3. The van der Waals surface area contributed by atoms with Gasteiger partial charge >= 0.3 is 0 Å². The molecule has 0 saturated carbocycles. The zero-order valence-corrected chi connectivity index (χ0v) is 10.6. The molecule has 0 radical (unpaired) electrons. The van der Waals surface area contributed by atoms with Gasteiger partial charge in [-0.1, -0.05) is 6.07 Å². The fourth-order valence-electron chi connectivity index (χ4n) is 1.20. The Balaban J connectivity index is 2.59. The number of nitrogens with one attached hydrogen (secondary N) is 1. The molecule has 1 amide bonds. The van der Waals surface area contributed by atoms with E-state index in [0.29, 0.717) is 0 Å². The summed E-state index contributed by atoms with van der Waals surface area (Å²) in [4.78, 5) is 11.5. The number of carbonyl (C=O) groups excluding carboxylic acids is 1. The van der Waals surface area contributed by atoms with Crippen molar-refractivity contribution in [2.24, 2.45) is 0 Å². The van der Waals surface area contributed by atoms with E-state index in [1.807, 2.05) is 27.7 Å². The summed E-state index contributed by atoms with van der Waals surface area (Å²) in [5, 5.41) is 2.48. The van der Waals surface area contributed by atoms with Gasteiger partial charge < -0.3 is 10.1 Å². The molecule has 0 heterocycles. The molecular formula is C13H18FNO2. The van der Waals surface area contributed by atoms with E-state index in [9.17, 15) is 9.18 Å². The van der Waals surface area contributed by atoms with E-state index in [1.54, 1.807) is 12.1 Å². The van der Waals surface area contributed by atoms with Gasteiger partial charge in [0.1, 0.15) is 12.4 Å². The van der Waals surface area contributed by atoms with Gasteiger partial charge in [0.25, 0.3) is 0 Å². The topological polar surface area (TPSA) is 38.3 Å². The van der Waals surface area contributed by atoms with E-state index >= 15 is 0 Å². The zero-order valence-electron chi connectivity index (χ0n) is 10.6. The van der Waals surface area contributed by atoms with Crippen LogP contribution in [0.15, 0.2) is 18.2 Å². The summed E-state index contributed by atoms with van der Waals surface area (Å²) in [7, 11) is 0. The average molecular weight is 239 g/mol. The highest BCUT2D eigenvalue weighted by molar-refractivity contribution is 5.91. The number of rotatable bonds is 3. The Bertz CT molecular complexity index is 410. The molecule has 1 aromatic rings. The van der Waals surface area contributed by atoms with Crippen LogP contribution >= 0.6 is 0 Å². The van der Waals surface area contributed by atoms with Crippen LogP contribution in [0.3, 0.4) is 0 Å². The van der Waals surface area contributed by atoms with Crippen molar-refractivity contribution in [2.45, 2.75) is 33.3 Å². The first-order valence-electron chi connectivity index (χ1n) is 5.48. The number of hydrogen-bond donors (Lipinski definition) is 1. The Morgan fingerprint density at radius 2 is 2.06 bits per heavy atom. The third-order valence-electron chi connectivity index (χ3n) is 2.03. The molecule has 1 aromatic carbocycles. The van der Waals surface area contributed by atoms with Gasteiger partial charge in [-0.3, -0.25) is 4.79 Å². The molecule has 0 atom stereocenters. The lowest BCUT2D eigenvalue weighted by Gasteiger charge is -2.19. The van der Waals surface area contributed by atoms with Gasteiger partial charge in [-0.15, -0.1) is 0 Å². The van der Waals surface area contributed by atoms with Crippen molar-refractivity contribution in [1.82, 2.24) is 0 Å². The molecule has 0 aliphatic rings. The van der Waals surface area contributed by atoms with Crippen molar-refractivity contribution in [1.29, 1.82) is 0 Å². The molecule has 94 valence electrons. The predicted molar refractivity (Wildman–Crippen MR) is 65.5 cm³/mol. The van der Waals surface area contributed by atoms with Gasteiger partial charge in [0.05, 0.1) is 11.3 Å². The fraction of sp³-hybridized carbons (Fsp3) is 0.462. The molecule has 0 aliphatic heterocycles. The lowest BCUT2D eigenvalue weighted by atomic mass is 10.2. The molecule has 3 nitrogen and oxygen atoms in total. The molecule has 4 heteroatoms. The lowest BCUT2D eigenvalue weighted by Crippen LogP contribution is -2.27. The summed E-state index contributed by atoms with van der Waals surface area (Å²) < 4.78 is 18.6. The molecule has 0 saturated heterocycles. The van der Waals surface area contributed by atoms with Crippen molar-refractivity contribution in [3.63, 3.8) is 0 Å². The summed E-state index contributed by atoms with van der Waals surface area (Å²) in [5.74, 6) is -0.802. The summed E-state index contributed by atoms with van der Waals surface area (Å²) in [5.41, 5.74) is 0.689. The van der Waals surface area contributed by atoms with E-state index < -0.39 is 5.82 Å². The van der Waals surface area contributed by atoms with Crippen LogP contribution in [0.1, 0.15) is 26.3 Å². The Kier molecular flexibility index (Phi) is 4.23. The number of benzene rings is 1. The van der Waals surface area contributed by atoms with Crippen LogP contribution < -0.4 is 5.32 Å². The first kappa shape index (κ1) is 13.6. The first-order valence-corrected chi connectivity index (χ1v) is 5.48. The van der Waals surface area contributed by atoms with E-state index in [-0.39, 0.29) is 23.8 Å². The molecule has 17 heavy (non-hydrogen) atoms. The van der Waals surface area contributed by atoms with Gasteiger partial charge in [0.2, 0.25) is 5.91 Å². The molecule has 0 aromatic heterocycles. The number of anilines is 1.